The minimum atomic E-state index is -0.590. The molecule has 0 unspecified atom stereocenters. The topological polar surface area (TPSA) is 81.9 Å². The Bertz CT molecular complexity index is 571. The van der Waals surface area contributed by atoms with Crippen LogP contribution in [0.4, 0.5) is 0 Å². The Labute approximate surface area is 142 Å². The summed E-state index contributed by atoms with van der Waals surface area (Å²) in [5.74, 6) is 0.565. The number of benzene rings is 1. The van der Waals surface area contributed by atoms with Crippen LogP contribution in [0, 0.1) is 0 Å². The summed E-state index contributed by atoms with van der Waals surface area (Å²) in [6.07, 6.45) is 0.511. The Kier molecular flexibility index (Phi) is 6.20. The number of amides is 2. The van der Waals surface area contributed by atoms with Crippen LogP contribution in [0.1, 0.15) is 38.2 Å². The van der Waals surface area contributed by atoms with Crippen molar-refractivity contribution >= 4 is 11.8 Å². The number of rotatable bonds is 7. The fourth-order valence-corrected chi connectivity index (χ4v) is 2.86. The van der Waals surface area contributed by atoms with Crippen molar-refractivity contribution in [2.75, 3.05) is 20.3 Å². The predicted octanol–water partition coefficient (Wildman–Crippen LogP) is 1.68. The highest BCUT2D eigenvalue weighted by atomic mass is 16.5. The van der Waals surface area contributed by atoms with Gasteiger partial charge in [0, 0.05) is 20.1 Å². The lowest BCUT2D eigenvalue weighted by molar-refractivity contribution is -0.137. The molecule has 1 fully saturated rings. The van der Waals surface area contributed by atoms with Gasteiger partial charge in [0.25, 0.3) is 0 Å². The molecule has 1 heterocycles. The highest BCUT2D eigenvalue weighted by molar-refractivity contribution is 5.87. The largest absolute Gasteiger partial charge is 0.493 e. The molecule has 0 saturated carbocycles. The fraction of sp³-hybridized carbons (Fsp3) is 0.556. The van der Waals surface area contributed by atoms with Crippen LogP contribution in [0.25, 0.3) is 0 Å². The van der Waals surface area contributed by atoms with Crippen molar-refractivity contribution in [3.05, 3.63) is 29.8 Å². The molecule has 0 radical (unpaired) electrons. The van der Waals surface area contributed by atoms with Crippen molar-refractivity contribution in [1.29, 1.82) is 0 Å². The van der Waals surface area contributed by atoms with Gasteiger partial charge in [0.05, 0.1) is 19.1 Å². The summed E-state index contributed by atoms with van der Waals surface area (Å²) in [7, 11) is 1.57. The second kappa shape index (κ2) is 8.15. The molecule has 2 N–H and O–H groups in total. The molecule has 1 aromatic rings. The van der Waals surface area contributed by atoms with Crippen LogP contribution in [0.2, 0.25) is 0 Å². The first kappa shape index (κ1) is 18.3. The molecule has 6 heteroatoms. The molecule has 1 aromatic carbocycles. The minimum absolute atomic E-state index is 0.142. The van der Waals surface area contributed by atoms with Gasteiger partial charge in [-0.2, -0.15) is 0 Å². The molecular weight excluding hydrogens is 308 g/mol. The van der Waals surface area contributed by atoms with Gasteiger partial charge in [-0.3, -0.25) is 9.59 Å². The maximum atomic E-state index is 12.3. The second-order valence-electron chi connectivity index (χ2n) is 6.38. The Morgan fingerprint density at radius 3 is 2.50 bits per heavy atom. The lowest BCUT2D eigenvalue weighted by atomic mass is 10.0. The van der Waals surface area contributed by atoms with Crippen LogP contribution in [-0.4, -0.2) is 49.1 Å². The van der Waals surface area contributed by atoms with Crippen molar-refractivity contribution in [3.8, 4) is 5.75 Å². The van der Waals surface area contributed by atoms with Crippen LogP contribution in [0.15, 0.2) is 24.3 Å². The van der Waals surface area contributed by atoms with E-state index in [0.29, 0.717) is 18.9 Å². The number of ether oxygens (including phenoxy) is 2. The van der Waals surface area contributed by atoms with E-state index in [1.54, 1.807) is 7.11 Å². The van der Waals surface area contributed by atoms with Gasteiger partial charge in [0.1, 0.15) is 11.8 Å². The molecule has 2 atom stereocenters. The molecule has 132 valence electrons. The van der Waals surface area contributed by atoms with Crippen LogP contribution in [-0.2, 0) is 14.3 Å². The molecule has 2 amide bonds. The van der Waals surface area contributed by atoms with E-state index in [1.807, 2.05) is 24.3 Å². The molecule has 0 spiro atoms. The molecule has 0 aromatic heterocycles. The van der Waals surface area contributed by atoms with Gasteiger partial charge in [-0.05, 0) is 23.6 Å². The van der Waals surface area contributed by atoms with E-state index in [0.717, 1.165) is 5.75 Å². The molecule has 2 rings (SSSR count). The van der Waals surface area contributed by atoms with Crippen molar-refractivity contribution < 1.29 is 19.1 Å². The van der Waals surface area contributed by atoms with Crippen LogP contribution < -0.4 is 10.5 Å². The Hall–Kier alpha value is -2.08. The quantitative estimate of drug-likeness (QED) is 0.822. The Morgan fingerprint density at radius 1 is 1.29 bits per heavy atom. The molecule has 0 bridgehead atoms. The standard InChI is InChI=1S/C18H26N2O4/c1-12(2)13-4-6-14(7-5-13)24-9-8-17(21)20-11-15(23-3)10-16(20)18(19)22/h4-7,12,15-16H,8-11H2,1-3H3,(H2,19,22)/t15-,16-/m0/s1. The fourth-order valence-electron chi connectivity index (χ4n) is 2.86. The Balaban J connectivity index is 1.85. The monoisotopic (exact) mass is 334 g/mol. The van der Waals surface area contributed by atoms with Crippen LogP contribution >= 0.6 is 0 Å². The first-order valence-electron chi connectivity index (χ1n) is 8.26. The molecular formula is C18H26N2O4. The van der Waals surface area contributed by atoms with Crippen molar-refractivity contribution in [1.82, 2.24) is 4.90 Å². The third-order valence-electron chi connectivity index (χ3n) is 4.38. The van der Waals surface area contributed by atoms with E-state index in [9.17, 15) is 9.59 Å². The molecule has 0 aliphatic carbocycles. The minimum Gasteiger partial charge on any atom is -0.493 e. The van der Waals surface area contributed by atoms with E-state index in [4.69, 9.17) is 15.2 Å². The van der Waals surface area contributed by atoms with Crippen molar-refractivity contribution in [2.45, 2.75) is 44.8 Å². The van der Waals surface area contributed by atoms with E-state index in [1.165, 1.54) is 10.5 Å². The molecule has 1 aliphatic heterocycles. The van der Waals surface area contributed by atoms with Gasteiger partial charge < -0.3 is 20.1 Å². The van der Waals surface area contributed by atoms with E-state index in [2.05, 4.69) is 13.8 Å². The van der Waals surface area contributed by atoms with Crippen molar-refractivity contribution in [3.63, 3.8) is 0 Å². The number of methoxy groups -OCH3 is 1. The third-order valence-corrected chi connectivity index (χ3v) is 4.38. The number of nitrogens with two attached hydrogens (primary N) is 1. The maximum Gasteiger partial charge on any atom is 0.240 e. The number of hydrogen-bond acceptors (Lipinski definition) is 4. The van der Waals surface area contributed by atoms with Gasteiger partial charge in [-0.25, -0.2) is 0 Å². The Morgan fingerprint density at radius 2 is 1.96 bits per heavy atom. The zero-order chi connectivity index (χ0) is 17.7. The first-order valence-corrected chi connectivity index (χ1v) is 8.26. The van der Waals surface area contributed by atoms with Gasteiger partial charge >= 0.3 is 0 Å². The summed E-state index contributed by atoms with van der Waals surface area (Å²) in [5, 5.41) is 0. The summed E-state index contributed by atoms with van der Waals surface area (Å²) < 4.78 is 10.9. The predicted molar refractivity (Wildman–Crippen MR) is 90.8 cm³/mol. The average molecular weight is 334 g/mol. The second-order valence-corrected chi connectivity index (χ2v) is 6.38. The molecule has 6 nitrogen and oxygen atoms in total. The smallest absolute Gasteiger partial charge is 0.240 e. The summed E-state index contributed by atoms with van der Waals surface area (Å²) in [5.41, 5.74) is 6.62. The van der Waals surface area contributed by atoms with Gasteiger partial charge in [-0.1, -0.05) is 26.0 Å². The number of nitrogens with zero attached hydrogens (tertiary/aromatic N) is 1. The van der Waals surface area contributed by atoms with E-state index in [-0.39, 0.29) is 25.0 Å². The number of likely N-dealkylation sites (tertiary alicyclic amines) is 1. The normalized spacial score (nSPS) is 20.4. The van der Waals surface area contributed by atoms with Crippen LogP contribution in [0.5, 0.6) is 5.75 Å². The highest BCUT2D eigenvalue weighted by Crippen LogP contribution is 2.21. The SMILES string of the molecule is CO[C@H]1C[C@@H](C(N)=O)N(C(=O)CCOc2ccc(C(C)C)cc2)C1. The number of hydrogen-bond donors (Lipinski definition) is 1. The lowest BCUT2D eigenvalue weighted by Gasteiger charge is -2.22. The van der Waals surface area contributed by atoms with Gasteiger partial charge in [-0.15, -0.1) is 0 Å². The van der Waals surface area contributed by atoms with Gasteiger partial charge in [0.2, 0.25) is 11.8 Å². The zero-order valence-corrected chi connectivity index (χ0v) is 14.5. The van der Waals surface area contributed by atoms with Crippen molar-refractivity contribution in [2.24, 2.45) is 5.73 Å². The third kappa shape index (κ3) is 4.47. The average Bonchev–Trinajstić information content (AvgIpc) is 3.00. The highest BCUT2D eigenvalue weighted by Gasteiger charge is 2.38. The van der Waals surface area contributed by atoms with Gasteiger partial charge in [0.15, 0.2) is 0 Å². The first-order chi connectivity index (χ1) is 11.4. The maximum absolute atomic E-state index is 12.3. The van der Waals surface area contributed by atoms with E-state index < -0.39 is 11.9 Å². The summed E-state index contributed by atoms with van der Waals surface area (Å²) >= 11 is 0. The van der Waals surface area contributed by atoms with E-state index >= 15 is 0 Å². The lowest BCUT2D eigenvalue weighted by Crippen LogP contribution is -2.44. The summed E-state index contributed by atoms with van der Waals surface area (Å²) in [6, 6.07) is 7.27. The number of carbonyl (C=O) groups is 2. The summed E-state index contributed by atoms with van der Waals surface area (Å²) in [6.45, 7) is 4.92. The van der Waals surface area contributed by atoms with Crippen LogP contribution in [0.3, 0.4) is 0 Å². The number of primary amides is 1. The molecule has 24 heavy (non-hydrogen) atoms. The summed E-state index contributed by atoms with van der Waals surface area (Å²) in [4.78, 5) is 25.3. The molecule has 1 saturated heterocycles. The molecule has 1 aliphatic rings. The zero-order valence-electron chi connectivity index (χ0n) is 14.5. The number of carbonyl (C=O) groups excluding carboxylic acids is 2.